The first-order chi connectivity index (χ1) is 17.8. The molecule has 4 aromatic rings. The van der Waals surface area contributed by atoms with Crippen molar-refractivity contribution in [3.8, 4) is 5.69 Å². The maximum absolute atomic E-state index is 13.5. The third kappa shape index (κ3) is 5.45. The van der Waals surface area contributed by atoms with Crippen molar-refractivity contribution in [2.24, 2.45) is 0 Å². The van der Waals surface area contributed by atoms with Gasteiger partial charge in [-0.05, 0) is 65.6 Å². The number of halogens is 3. The molecule has 1 unspecified atom stereocenters. The standard InChI is InChI=1S/C28H22Cl2FN3O2S/c1-17(19-5-3-2-4-6-19)32-28(35)26-23-16-37(36)15-20(13-18-7-10-22(31)11-8-18)27(23)34(33-26)25-12-9-21(29)14-24(25)30/h2-14,17H,15-16H2,1H3,(H,32,35)/b20-13+/t17-,37?/m1/s1. The summed E-state index contributed by atoms with van der Waals surface area (Å²) in [6.45, 7) is 1.89. The van der Waals surface area contributed by atoms with Crippen LogP contribution in [0.15, 0.2) is 72.8 Å². The van der Waals surface area contributed by atoms with Gasteiger partial charge in [-0.3, -0.25) is 4.79 Å². The van der Waals surface area contributed by atoms with E-state index in [1.54, 1.807) is 35.0 Å². The second kappa shape index (κ2) is 10.7. The molecule has 0 saturated heterocycles. The molecule has 1 amide bonds. The average molecular weight is 554 g/mol. The van der Waals surface area contributed by atoms with Gasteiger partial charge in [-0.1, -0.05) is 65.7 Å². The van der Waals surface area contributed by atoms with E-state index in [1.807, 2.05) is 43.3 Å². The molecule has 2 heterocycles. The summed E-state index contributed by atoms with van der Waals surface area (Å²) in [5.41, 5.74) is 4.33. The van der Waals surface area contributed by atoms with Crippen molar-refractivity contribution in [2.75, 3.05) is 5.75 Å². The van der Waals surface area contributed by atoms with Crippen molar-refractivity contribution in [1.29, 1.82) is 0 Å². The average Bonchev–Trinajstić information content (AvgIpc) is 3.25. The van der Waals surface area contributed by atoms with Crippen molar-refractivity contribution < 1.29 is 13.7 Å². The maximum atomic E-state index is 13.5. The SMILES string of the molecule is C[C@@H](NC(=O)c1nn(-c2ccc(Cl)cc2Cl)c2c1C[S+]([O-])C/C2=C\c1ccc(F)cc1)c1ccccc1. The van der Waals surface area contributed by atoms with Crippen LogP contribution >= 0.6 is 23.2 Å². The zero-order valence-corrected chi connectivity index (χ0v) is 22.1. The Morgan fingerprint density at radius 1 is 1.11 bits per heavy atom. The monoisotopic (exact) mass is 553 g/mol. The van der Waals surface area contributed by atoms with Gasteiger partial charge in [0, 0.05) is 10.6 Å². The van der Waals surface area contributed by atoms with E-state index in [0.717, 1.165) is 11.1 Å². The van der Waals surface area contributed by atoms with Crippen LogP contribution in [0, 0.1) is 5.82 Å². The molecule has 188 valence electrons. The zero-order chi connectivity index (χ0) is 26.1. The highest BCUT2D eigenvalue weighted by Gasteiger charge is 2.35. The molecular formula is C28H22Cl2FN3O2S. The lowest BCUT2D eigenvalue weighted by atomic mass is 10.0. The van der Waals surface area contributed by atoms with Crippen molar-refractivity contribution in [1.82, 2.24) is 15.1 Å². The van der Waals surface area contributed by atoms with Gasteiger partial charge in [-0.2, -0.15) is 5.10 Å². The second-order valence-corrected chi connectivity index (χ2v) is 11.0. The van der Waals surface area contributed by atoms with Crippen LogP contribution in [0.2, 0.25) is 10.0 Å². The molecule has 0 fully saturated rings. The third-order valence-corrected chi connectivity index (χ3v) is 7.90. The van der Waals surface area contributed by atoms with Gasteiger partial charge >= 0.3 is 0 Å². The van der Waals surface area contributed by atoms with E-state index in [0.29, 0.717) is 32.6 Å². The number of aromatic nitrogens is 2. The lowest BCUT2D eigenvalue weighted by molar-refractivity contribution is 0.0933. The summed E-state index contributed by atoms with van der Waals surface area (Å²) in [7, 11) is 0. The molecule has 0 radical (unpaired) electrons. The Bertz CT molecular complexity index is 1490. The first kappa shape index (κ1) is 25.5. The van der Waals surface area contributed by atoms with Crippen LogP contribution < -0.4 is 5.32 Å². The number of carbonyl (C=O) groups is 1. The van der Waals surface area contributed by atoms with Crippen LogP contribution in [-0.4, -0.2) is 26.0 Å². The molecule has 1 aliphatic rings. The fraction of sp³-hybridized carbons (Fsp3) is 0.143. The predicted octanol–water partition coefficient (Wildman–Crippen LogP) is 6.61. The predicted molar refractivity (Wildman–Crippen MR) is 147 cm³/mol. The lowest BCUT2D eigenvalue weighted by Gasteiger charge is -2.22. The van der Waals surface area contributed by atoms with Crippen LogP contribution in [0.5, 0.6) is 0 Å². The van der Waals surface area contributed by atoms with Crippen molar-refractivity contribution >= 4 is 51.9 Å². The van der Waals surface area contributed by atoms with Gasteiger partial charge in [-0.15, -0.1) is 0 Å². The molecule has 1 aromatic heterocycles. The number of fused-ring (bicyclic) bond motifs is 1. The molecule has 0 bridgehead atoms. The first-order valence-corrected chi connectivity index (χ1v) is 13.8. The minimum Gasteiger partial charge on any atom is -0.616 e. The number of amides is 1. The molecule has 0 saturated carbocycles. The van der Waals surface area contributed by atoms with Gasteiger partial charge in [0.05, 0.1) is 28.0 Å². The molecule has 0 spiro atoms. The molecule has 9 heteroatoms. The highest BCUT2D eigenvalue weighted by atomic mass is 35.5. The molecule has 1 aliphatic heterocycles. The Morgan fingerprint density at radius 3 is 2.54 bits per heavy atom. The highest BCUT2D eigenvalue weighted by Crippen LogP contribution is 2.37. The molecule has 0 aliphatic carbocycles. The number of hydrogen-bond acceptors (Lipinski definition) is 3. The van der Waals surface area contributed by atoms with E-state index >= 15 is 0 Å². The summed E-state index contributed by atoms with van der Waals surface area (Å²) in [4.78, 5) is 13.5. The summed E-state index contributed by atoms with van der Waals surface area (Å²) >= 11 is 11.4. The molecule has 2 atom stereocenters. The van der Waals surface area contributed by atoms with Crippen LogP contribution in [0.25, 0.3) is 17.3 Å². The van der Waals surface area contributed by atoms with Crippen LogP contribution in [0.3, 0.4) is 0 Å². The van der Waals surface area contributed by atoms with Crippen molar-refractivity contribution in [2.45, 2.75) is 18.7 Å². The Kier molecular flexibility index (Phi) is 7.40. The van der Waals surface area contributed by atoms with Gasteiger partial charge in [0.1, 0.15) is 17.3 Å². The van der Waals surface area contributed by atoms with Crippen LogP contribution in [-0.2, 0) is 16.9 Å². The minimum atomic E-state index is -1.27. The van der Waals surface area contributed by atoms with E-state index in [2.05, 4.69) is 10.4 Å². The first-order valence-electron chi connectivity index (χ1n) is 11.5. The summed E-state index contributed by atoms with van der Waals surface area (Å²) < 4.78 is 28.1. The van der Waals surface area contributed by atoms with Crippen molar-refractivity contribution in [3.63, 3.8) is 0 Å². The molecule has 1 N–H and O–H groups in total. The second-order valence-electron chi connectivity index (χ2n) is 8.74. The van der Waals surface area contributed by atoms with Gasteiger partial charge in [-0.25, -0.2) is 9.07 Å². The molecule has 5 nitrogen and oxygen atoms in total. The number of rotatable bonds is 5. The van der Waals surface area contributed by atoms with Crippen LogP contribution in [0.4, 0.5) is 4.39 Å². The van der Waals surface area contributed by atoms with Gasteiger partial charge in [0.2, 0.25) is 0 Å². The van der Waals surface area contributed by atoms with Crippen LogP contribution in [0.1, 0.15) is 45.8 Å². The summed E-state index contributed by atoms with van der Waals surface area (Å²) in [6, 6.07) is 20.4. The third-order valence-electron chi connectivity index (χ3n) is 6.12. The number of nitrogens with one attached hydrogen (secondary N) is 1. The Morgan fingerprint density at radius 2 is 1.84 bits per heavy atom. The normalized spacial score (nSPS) is 16.9. The fourth-order valence-electron chi connectivity index (χ4n) is 4.34. The van der Waals surface area contributed by atoms with Gasteiger partial charge < -0.3 is 9.87 Å². The summed E-state index contributed by atoms with van der Waals surface area (Å²) in [6.07, 6.45) is 1.84. The van der Waals surface area contributed by atoms with E-state index < -0.39 is 11.2 Å². The maximum Gasteiger partial charge on any atom is 0.272 e. The van der Waals surface area contributed by atoms with Crippen molar-refractivity contribution in [3.05, 3.63) is 117 Å². The minimum absolute atomic E-state index is 0.170. The molecule has 37 heavy (non-hydrogen) atoms. The number of nitrogens with zero attached hydrogens (tertiary/aromatic N) is 2. The van der Waals surface area contributed by atoms with Gasteiger partial charge in [0.25, 0.3) is 5.91 Å². The lowest BCUT2D eigenvalue weighted by Crippen LogP contribution is -2.29. The van der Waals surface area contributed by atoms with E-state index in [-0.39, 0.29) is 35.0 Å². The molecule has 5 rings (SSSR count). The van der Waals surface area contributed by atoms with Gasteiger partial charge in [0.15, 0.2) is 5.69 Å². The van der Waals surface area contributed by atoms with E-state index in [9.17, 15) is 13.7 Å². The number of benzene rings is 3. The fourth-order valence-corrected chi connectivity index (χ4v) is 6.09. The number of hydrogen-bond donors (Lipinski definition) is 1. The highest BCUT2D eigenvalue weighted by molar-refractivity contribution is 7.91. The zero-order valence-electron chi connectivity index (χ0n) is 19.8. The quantitative estimate of drug-likeness (QED) is 0.282. The Hall–Kier alpha value is -3.10. The molecular weight excluding hydrogens is 532 g/mol. The molecule has 3 aromatic carbocycles. The number of carbonyl (C=O) groups excluding carboxylic acids is 1. The summed E-state index contributed by atoms with van der Waals surface area (Å²) in [5, 5.41) is 8.51. The van der Waals surface area contributed by atoms with E-state index in [4.69, 9.17) is 23.2 Å². The van der Waals surface area contributed by atoms with E-state index in [1.165, 1.54) is 12.1 Å². The largest absolute Gasteiger partial charge is 0.616 e. The Balaban J connectivity index is 1.64. The topological polar surface area (TPSA) is 70.0 Å². The Labute approximate surface area is 227 Å². The summed E-state index contributed by atoms with van der Waals surface area (Å²) in [5.74, 6) is -0.303. The smallest absolute Gasteiger partial charge is 0.272 e.